The second-order valence-corrected chi connectivity index (χ2v) is 7.15. The molecule has 0 heterocycles. The highest BCUT2D eigenvalue weighted by molar-refractivity contribution is 5.88. The van der Waals surface area contributed by atoms with E-state index in [1.54, 1.807) is 60.7 Å². The SMILES string of the molecule is O=C(N[C@@H](C(=O)O)C(c1ccccc1)c1ccccc1)[C@@H](O)c1ccc(C(F)(F)F)cc1. The number of aliphatic hydroxyl groups excluding tert-OH is 1. The maximum atomic E-state index is 12.7. The lowest BCUT2D eigenvalue weighted by molar-refractivity contribution is -0.144. The van der Waals surface area contributed by atoms with Crippen LogP contribution in [0.2, 0.25) is 0 Å². The highest BCUT2D eigenvalue weighted by atomic mass is 19.4. The van der Waals surface area contributed by atoms with Crippen LogP contribution < -0.4 is 5.32 Å². The van der Waals surface area contributed by atoms with E-state index >= 15 is 0 Å². The van der Waals surface area contributed by atoms with Gasteiger partial charge in [0.15, 0.2) is 6.10 Å². The monoisotopic (exact) mass is 443 g/mol. The van der Waals surface area contributed by atoms with Crippen molar-refractivity contribution in [1.82, 2.24) is 5.32 Å². The predicted octanol–water partition coefficient (Wildman–Crippen LogP) is 4.14. The van der Waals surface area contributed by atoms with E-state index < -0.39 is 41.7 Å². The molecule has 32 heavy (non-hydrogen) atoms. The van der Waals surface area contributed by atoms with Crippen molar-refractivity contribution < 1.29 is 33.0 Å². The van der Waals surface area contributed by atoms with Gasteiger partial charge >= 0.3 is 12.1 Å². The molecule has 0 aliphatic carbocycles. The normalized spacial score (nSPS) is 13.4. The zero-order valence-electron chi connectivity index (χ0n) is 16.7. The molecule has 2 atom stereocenters. The van der Waals surface area contributed by atoms with E-state index in [1.807, 2.05) is 0 Å². The summed E-state index contributed by atoms with van der Waals surface area (Å²) in [5.41, 5.74) is 0.256. The van der Waals surface area contributed by atoms with Crippen molar-refractivity contribution in [2.24, 2.45) is 0 Å². The molecule has 0 saturated heterocycles. The third-order valence-corrected chi connectivity index (χ3v) is 5.02. The lowest BCUT2D eigenvalue weighted by atomic mass is 9.84. The Bertz CT molecular complexity index is 1010. The highest BCUT2D eigenvalue weighted by Gasteiger charge is 2.34. The van der Waals surface area contributed by atoms with Gasteiger partial charge in [-0.2, -0.15) is 13.2 Å². The number of carbonyl (C=O) groups is 2. The zero-order valence-corrected chi connectivity index (χ0v) is 16.7. The van der Waals surface area contributed by atoms with Crippen molar-refractivity contribution in [3.63, 3.8) is 0 Å². The average molecular weight is 443 g/mol. The lowest BCUT2D eigenvalue weighted by Crippen LogP contribution is -2.47. The van der Waals surface area contributed by atoms with Gasteiger partial charge in [-0.15, -0.1) is 0 Å². The van der Waals surface area contributed by atoms with Crippen LogP contribution in [0.15, 0.2) is 84.9 Å². The van der Waals surface area contributed by atoms with Gasteiger partial charge in [-0.25, -0.2) is 4.79 Å². The van der Waals surface area contributed by atoms with Crippen LogP contribution in [-0.4, -0.2) is 28.1 Å². The number of nitrogens with one attached hydrogen (secondary N) is 1. The summed E-state index contributed by atoms with van der Waals surface area (Å²) in [5.74, 6) is -3.12. The van der Waals surface area contributed by atoms with Crippen molar-refractivity contribution in [1.29, 1.82) is 0 Å². The molecule has 3 aromatic rings. The summed E-state index contributed by atoms with van der Waals surface area (Å²) < 4.78 is 38.2. The number of hydrogen-bond acceptors (Lipinski definition) is 3. The standard InChI is InChI=1S/C24H20F3NO4/c25-24(26,27)18-13-11-17(12-14-18)21(29)22(30)28-20(23(31)32)19(15-7-3-1-4-8-15)16-9-5-2-6-10-16/h1-14,19-21,29H,(H,28,30)(H,31,32)/t20-,21+/m1/s1. The van der Waals surface area contributed by atoms with Crippen LogP contribution in [0.1, 0.15) is 34.3 Å². The maximum absolute atomic E-state index is 12.7. The van der Waals surface area contributed by atoms with Gasteiger partial charge in [-0.05, 0) is 28.8 Å². The van der Waals surface area contributed by atoms with E-state index in [1.165, 1.54) is 0 Å². The molecule has 0 aromatic heterocycles. The number of hydrogen-bond donors (Lipinski definition) is 3. The second-order valence-electron chi connectivity index (χ2n) is 7.15. The van der Waals surface area contributed by atoms with Crippen LogP contribution >= 0.6 is 0 Å². The molecule has 0 spiro atoms. The first-order valence-electron chi connectivity index (χ1n) is 9.67. The number of halogens is 3. The molecule has 3 aromatic carbocycles. The number of alkyl halides is 3. The van der Waals surface area contributed by atoms with Gasteiger partial charge < -0.3 is 15.5 Å². The first kappa shape index (κ1) is 23.0. The number of carboxylic acid groups (broad SMARTS) is 1. The molecule has 1 amide bonds. The summed E-state index contributed by atoms with van der Waals surface area (Å²) >= 11 is 0. The molecule has 5 nitrogen and oxygen atoms in total. The highest BCUT2D eigenvalue weighted by Crippen LogP contribution is 2.31. The molecular formula is C24H20F3NO4. The van der Waals surface area contributed by atoms with Crippen molar-refractivity contribution >= 4 is 11.9 Å². The largest absolute Gasteiger partial charge is 0.480 e. The van der Waals surface area contributed by atoms with Gasteiger partial charge in [0.2, 0.25) is 0 Å². The molecule has 8 heteroatoms. The van der Waals surface area contributed by atoms with E-state index in [0.717, 1.165) is 24.3 Å². The van der Waals surface area contributed by atoms with Gasteiger partial charge in [-0.1, -0.05) is 72.8 Å². The van der Waals surface area contributed by atoms with E-state index in [4.69, 9.17) is 0 Å². The lowest BCUT2D eigenvalue weighted by Gasteiger charge is -2.27. The minimum absolute atomic E-state index is 0.0874. The predicted molar refractivity (Wildman–Crippen MR) is 111 cm³/mol. The van der Waals surface area contributed by atoms with Crippen LogP contribution in [-0.2, 0) is 15.8 Å². The van der Waals surface area contributed by atoms with Gasteiger partial charge in [0, 0.05) is 5.92 Å². The molecule has 0 radical (unpaired) electrons. The summed E-state index contributed by atoms with van der Waals surface area (Å²) in [7, 11) is 0. The maximum Gasteiger partial charge on any atom is 0.416 e. The Morgan fingerprint density at radius 2 is 1.22 bits per heavy atom. The van der Waals surface area contributed by atoms with Crippen LogP contribution in [0.25, 0.3) is 0 Å². The topological polar surface area (TPSA) is 86.6 Å². The first-order valence-corrected chi connectivity index (χ1v) is 9.67. The van der Waals surface area contributed by atoms with E-state index in [9.17, 15) is 33.0 Å². The van der Waals surface area contributed by atoms with Crippen molar-refractivity contribution in [3.05, 3.63) is 107 Å². The molecular weight excluding hydrogens is 423 g/mol. The fourth-order valence-corrected chi connectivity index (χ4v) is 3.42. The van der Waals surface area contributed by atoms with E-state index in [-0.39, 0.29) is 5.56 Å². The van der Waals surface area contributed by atoms with Crippen LogP contribution in [0.3, 0.4) is 0 Å². The van der Waals surface area contributed by atoms with Gasteiger partial charge in [0.25, 0.3) is 5.91 Å². The Hall–Kier alpha value is -3.65. The smallest absolute Gasteiger partial charge is 0.416 e. The third-order valence-electron chi connectivity index (χ3n) is 5.02. The number of benzene rings is 3. The number of carboxylic acids is 1. The van der Waals surface area contributed by atoms with Crippen molar-refractivity contribution in [2.75, 3.05) is 0 Å². The molecule has 3 rings (SSSR count). The molecule has 0 fully saturated rings. The molecule has 0 aliphatic rings. The van der Waals surface area contributed by atoms with Crippen LogP contribution in [0.5, 0.6) is 0 Å². The van der Waals surface area contributed by atoms with E-state index in [0.29, 0.717) is 11.1 Å². The number of amides is 1. The Morgan fingerprint density at radius 3 is 1.62 bits per heavy atom. The fraction of sp³-hybridized carbons (Fsp3) is 0.167. The molecule has 3 N–H and O–H groups in total. The summed E-state index contributed by atoms with van der Waals surface area (Å²) in [4.78, 5) is 24.8. The van der Waals surface area contributed by atoms with Gasteiger partial charge in [0.05, 0.1) is 5.56 Å². The van der Waals surface area contributed by atoms with Crippen molar-refractivity contribution in [3.8, 4) is 0 Å². The van der Waals surface area contributed by atoms with Crippen molar-refractivity contribution in [2.45, 2.75) is 24.2 Å². The zero-order chi connectivity index (χ0) is 23.3. The first-order chi connectivity index (χ1) is 15.2. The summed E-state index contributed by atoms with van der Waals surface area (Å²) in [6.07, 6.45) is -6.40. The molecule has 166 valence electrons. The Labute approximate surface area is 182 Å². The minimum Gasteiger partial charge on any atom is -0.480 e. The quantitative estimate of drug-likeness (QED) is 0.512. The summed E-state index contributed by atoms with van der Waals surface area (Å²) in [6, 6.07) is 19.4. The van der Waals surface area contributed by atoms with Gasteiger partial charge in [-0.3, -0.25) is 4.79 Å². The average Bonchev–Trinajstić information content (AvgIpc) is 2.79. The summed E-state index contributed by atoms with van der Waals surface area (Å²) in [6.45, 7) is 0. The van der Waals surface area contributed by atoms with Crippen LogP contribution in [0.4, 0.5) is 13.2 Å². The number of aliphatic carboxylic acids is 1. The molecule has 0 saturated carbocycles. The molecule has 0 unspecified atom stereocenters. The second kappa shape index (κ2) is 9.65. The molecule has 0 bridgehead atoms. The Kier molecular flexibility index (Phi) is 6.95. The van der Waals surface area contributed by atoms with E-state index in [2.05, 4.69) is 5.32 Å². The molecule has 0 aliphatic heterocycles. The third kappa shape index (κ3) is 5.33. The summed E-state index contributed by atoms with van der Waals surface area (Å²) in [5, 5.41) is 22.6. The number of carbonyl (C=O) groups excluding carboxylic acids is 1. The van der Waals surface area contributed by atoms with Gasteiger partial charge in [0.1, 0.15) is 6.04 Å². The fourth-order valence-electron chi connectivity index (χ4n) is 3.42. The Balaban J connectivity index is 1.88. The number of rotatable bonds is 7. The van der Waals surface area contributed by atoms with Crippen LogP contribution in [0, 0.1) is 0 Å². The minimum atomic E-state index is -4.56. The number of aliphatic hydroxyl groups is 1. The Morgan fingerprint density at radius 1 is 0.750 bits per heavy atom.